The number of nitrogen functional groups attached to an aromatic ring is 1. The first kappa shape index (κ1) is 12.4. The average molecular weight is 234 g/mol. The van der Waals surface area contributed by atoms with Gasteiger partial charge in [-0.3, -0.25) is 4.90 Å². The zero-order valence-corrected chi connectivity index (χ0v) is 10.7. The van der Waals surface area contributed by atoms with E-state index < -0.39 is 0 Å². The lowest BCUT2D eigenvalue weighted by molar-refractivity contribution is -0.0272. The number of nitrogens with zero attached hydrogens (tertiary/aromatic N) is 1. The van der Waals surface area contributed by atoms with E-state index in [2.05, 4.69) is 30.9 Å². The van der Waals surface area contributed by atoms with Gasteiger partial charge >= 0.3 is 0 Å². The van der Waals surface area contributed by atoms with E-state index in [4.69, 9.17) is 10.5 Å². The number of hydrogen-bond donors (Lipinski definition) is 1. The fraction of sp³-hybridized carbons (Fsp3) is 0.571. The molecular formula is C14H22N2O. The van der Waals surface area contributed by atoms with Crippen LogP contribution in [0.5, 0.6) is 0 Å². The molecule has 0 amide bonds. The first-order chi connectivity index (χ1) is 8.22. The van der Waals surface area contributed by atoms with Crippen molar-refractivity contribution in [3.63, 3.8) is 0 Å². The van der Waals surface area contributed by atoms with Gasteiger partial charge in [-0.2, -0.15) is 0 Å². The van der Waals surface area contributed by atoms with E-state index in [1.54, 1.807) is 0 Å². The topological polar surface area (TPSA) is 38.5 Å². The maximum atomic E-state index is 5.73. The highest BCUT2D eigenvalue weighted by Crippen LogP contribution is 2.26. The second kappa shape index (κ2) is 5.52. The Bertz CT molecular complexity index is 350. The van der Waals surface area contributed by atoms with Crippen molar-refractivity contribution in [1.82, 2.24) is 4.90 Å². The molecule has 1 heterocycles. The zero-order valence-electron chi connectivity index (χ0n) is 10.7. The highest BCUT2D eigenvalue weighted by molar-refractivity contribution is 5.40. The predicted molar refractivity (Wildman–Crippen MR) is 70.9 cm³/mol. The van der Waals surface area contributed by atoms with E-state index in [1.807, 2.05) is 12.1 Å². The molecule has 1 aliphatic rings. The number of benzene rings is 1. The summed E-state index contributed by atoms with van der Waals surface area (Å²) in [6.45, 7) is 7.21. The highest BCUT2D eigenvalue weighted by atomic mass is 16.5. The smallest absolute Gasteiger partial charge is 0.0622 e. The maximum absolute atomic E-state index is 5.73. The molecule has 3 nitrogen and oxygen atoms in total. The molecule has 2 unspecified atom stereocenters. The summed E-state index contributed by atoms with van der Waals surface area (Å²) in [7, 11) is 0. The molecular weight excluding hydrogens is 212 g/mol. The van der Waals surface area contributed by atoms with Crippen LogP contribution in [0.25, 0.3) is 0 Å². The summed E-state index contributed by atoms with van der Waals surface area (Å²) >= 11 is 0. The van der Waals surface area contributed by atoms with Crippen LogP contribution in [0.3, 0.4) is 0 Å². The van der Waals surface area contributed by atoms with Crippen LogP contribution < -0.4 is 5.73 Å². The van der Waals surface area contributed by atoms with Crippen LogP contribution in [0.1, 0.15) is 31.9 Å². The Hall–Kier alpha value is -1.06. The van der Waals surface area contributed by atoms with Gasteiger partial charge < -0.3 is 10.5 Å². The van der Waals surface area contributed by atoms with Crippen LogP contribution >= 0.6 is 0 Å². The molecule has 0 radical (unpaired) electrons. The Balaban J connectivity index is 2.12. The third kappa shape index (κ3) is 2.79. The number of anilines is 1. The molecule has 1 aliphatic heterocycles. The van der Waals surface area contributed by atoms with Crippen molar-refractivity contribution in [2.75, 3.05) is 25.5 Å². The van der Waals surface area contributed by atoms with Gasteiger partial charge in [-0.25, -0.2) is 0 Å². The molecule has 0 bridgehead atoms. The van der Waals surface area contributed by atoms with Crippen LogP contribution in [0, 0.1) is 0 Å². The Morgan fingerprint density at radius 1 is 1.41 bits per heavy atom. The van der Waals surface area contributed by atoms with Crippen LogP contribution in [0.2, 0.25) is 0 Å². The minimum Gasteiger partial charge on any atom is -0.399 e. The SMILES string of the molecule is CCC1COCCN1C(C)c1ccc(N)cc1. The van der Waals surface area contributed by atoms with E-state index in [0.29, 0.717) is 12.1 Å². The Morgan fingerprint density at radius 2 is 2.12 bits per heavy atom. The van der Waals surface area contributed by atoms with Crippen LogP contribution in [-0.2, 0) is 4.74 Å². The van der Waals surface area contributed by atoms with Gasteiger partial charge in [0.2, 0.25) is 0 Å². The van der Waals surface area contributed by atoms with Crippen molar-refractivity contribution in [2.45, 2.75) is 32.4 Å². The van der Waals surface area contributed by atoms with Crippen LogP contribution in [0.15, 0.2) is 24.3 Å². The molecule has 3 heteroatoms. The molecule has 2 rings (SSSR count). The van der Waals surface area contributed by atoms with Gasteiger partial charge in [0.15, 0.2) is 0 Å². The van der Waals surface area contributed by atoms with E-state index in [1.165, 1.54) is 5.56 Å². The lowest BCUT2D eigenvalue weighted by Crippen LogP contribution is -2.46. The van der Waals surface area contributed by atoms with Crippen molar-refractivity contribution in [2.24, 2.45) is 0 Å². The van der Waals surface area contributed by atoms with Gasteiger partial charge in [-0.1, -0.05) is 19.1 Å². The van der Waals surface area contributed by atoms with Gasteiger partial charge in [0.1, 0.15) is 0 Å². The van der Waals surface area contributed by atoms with Crippen molar-refractivity contribution < 1.29 is 4.74 Å². The van der Waals surface area contributed by atoms with E-state index in [-0.39, 0.29) is 0 Å². The molecule has 0 aliphatic carbocycles. The molecule has 1 fully saturated rings. The largest absolute Gasteiger partial charge is 0.399 e. The molecule has 17 heavy (non-hydrogen) atoms. The monoisotopic (exact) mass is 234 g/mol. The molecule has 1 aromatic carbocycles. The first-order valence-electron chi connectivity index (χ1n) is 6.41. The Labute approximate surface area is 104 Å². The Morgan fingerprint density at radius 3 is 2.76 bits per heavy atom. The quantitative estimate of drug-likeness (QED) is 0.816. The molecule has 0 spiro atoms. The summed E-state index contributed by atoms with van der Waals surface area (Å²) < 4.78 is 5.55. The molecule has 1 saturated heterocycles. The Kier molecular flexibility index (Phi) is 4.02. The van der Waals surface area contributed by atoms with Gasteiger partial charge in [0, 0.05) is 24.3 Å². The van der Waals surface area contributed by atoms with Gasteiger partial charge in [0.05, 0.1) is 13.2 Å². The van der Waals surface area contributed by atoms with Crippen molar-refractivity contribution in [3.05, 3.63) is 29.8 Å². The number of nitrogens with two attached hydrogens (primary N) is 1. The number of ether oxygens (including phenoxy) is 1. The summed E-state index contributed by atoms with van der Waals surface area (Å²) in [5.74, 6) is 0. The van der Waals surface area contributed by atoms with E-state index >= 15 is 0 Å². The van der Waals surface area contributed by atoms with Crippen molar-refractivity contribution >= 4 is 5.69 Å². The summed E-state index contributed by atoms with van der Waals surface area (Å²) in [4.78, 5) is 2.54. The van der Waals surface area contributed by atoms with Crippen molar-refractivity contribution in [3.8, 4) is 0 Å². The summed E-state index contributed by atoms with van der Waals surface area (Å²) in [6, 6.07) is 9.19. The number of hydrogen-bond acceptors (Lipinski definition) is 3. The second-order valence-electron chi connectivity index (χ2n) is 4.72. The molecule has 2 atom stereocenters. The van der Waals surface area contributed by atoms with Gasteiger partial charge in [-0.15, -0.1) is 0 Å². The summed E-state index contributed by atoms with van der Waals surface area (Å²) in [6.07, 6.45) is 1.14. The molecule has 2 N–H and O–H groups in total. The normalized spacial score (nSPS) is 23.5. The van der Waals surface area contributed by atoms with Crippen molar-refractivity contribution in [1.29, 1.82) is 0 Å². The minimum absolute atomic E-state index is 0.435. The molecule has 0 aromatic heterocycles. The molecule has 94 valence electrons. The fourth-order valence-corrected chi connectivity index (χ4v) is 2.50. The van der Waals surface area contributed by atoms with Crippen LogP contribution in [-0.4, -0.2) is 30.7 Å². The zero-order chi connectivity index (χ0) is 12.3. The highest BCUT2D eigenvalue weighted by Gasteiger charge is 2.26. The van der Waals surface area contributed by atoms with E-state index in [9.17, 15) is 0 Å². The minimum atomic E-state index is 0.435. The summed E-state index contributed by atoms with van der Waals surface area (Å²) in [5, 5.41) is 0. The third-order valence-electron chi connectivity index (χ3n) is 3.66. The fourth-order valence-electron chi connectivity index (χ4n) is 2.50. The number of rotatable bonds is 3. The predicted octanol–water partition coefficient (Wildman–Crippen LogP) is 2.44. The summed E-state index contributed by atoms with van der Waals surface area (Å²) in [5.41, 5.74) is 7.89. The first-order valence-corrected chi connectivity index (χ1v) is 6.41. The average Bonchev–Trinajstić information content (AvgIpc) is 2.39. The van der Waals surface area contributed by atoms with E-state index in [0.717, 1.165) is 31.9 Å². The van der Waals surface area contributed by atoms with Gasteiger partial charge in [-0.05, 0) is 31.0 Å². The standard InChI is InChI=1S/C14H22N2O/c1-3-14-10-17-9-8-16(14)11(2)12-4-6-13(15)7-5-12/h4-7,11,14H,3,8-10,15H2,1-2H3. The lowest BCUT2D eigenvalue weighted by Gasteiger charge is -2.39. The lowest BCUT2D eigenvalue weighted by atomic mass is 10.0. The molecule has 0 saturated carbocycles. The third-order valence-corrected chi connectivity index (χ3v) is 3.66. The van der Waals surface area contributed by atoms with Crippen LogP contribution in [0.4, 0.5) is 5.69 Å². The molecule has 1 aromatic rings. The maximum Gasteiger partial charge on any atom is 0.0622 e. The second-order valence-corrected chi connectivity index (χ2v) is 4.72. The number of morpholine rings is 1. The van der Waals surface area contributed by atoms with Gasteiger partial charge in [0.25, 0.3) is 0 Å².